The SMILES string of the molecule is CCC(CC1CNc2nc(N)[nH]c(=O)c2C1)c1ccc(C(=O)N[C@@H](CCC(N)=O)C(=O)O)cc1. The molecule has 0 radical (unpaired) electrons. The van der Waals surface area contributed by atoms with Crippen LogP contribution in [0, 0.1) is 5.92 Å². The van der Waals surface area contributed by atoms with E-state index in [9.17, 15) is 24.3 Å². The molecule has 0 aliphatic carbocycles. The number of aliphatic carboxylic acids is 1. The van der Waals surface area contributed by atoms with Gasteiger partial charge in [-0.15, -0.1) is 0 Å². The number of hydrogen-bond acceptors (Lipinski definition) is 7. The maximum Gasteiger partial charge on any atom is 0.326 e. The van der Waals surface area contributed by atoms with Crippen LogP contribution in [0.2, 0.25) is 0 Å². The summed E-state index contributed by atoms with van der Waals surface area (Å²) in [7, 11) is 0. The van der Waals surface area contributed by atoms with Gasteiger partial charge in [-0.05, 0) is 55.2 Å². The molecule has 0 saturated carbocycles. The number of amides is 2. The minimum absolute atomic E-state index is 0.0735. The Labute approximate surface area is 196 Å². The van der Waals surface area contributed by atoms with E-state index in [4.69, 9.17) is 11.5 Å². The molecule has 2 aromatic rings. The van der Waals surface area contributed by atoms with Gasteiger partial charge in [-0.25, -0.2) is 4.79 Å². The highest BCUT2D eigenvalue weighted by atomic mass is 16.4. The number of carboxylic acid groups (broad SMARTS) is 1. The molecule has 0 bridgehead atoms. The zero-order valence-electron chi connectivity index (χ0n) is 19.0. The standard InChI is InChI=1S/C23H30N6O5/c1-2-13(9-12-10-16-19(26-11-12)28-23(25)29-21(16)32)14-3-5-15(6-4-14)20(31)27-17(22(33)34)7-8-18(24)30/h3-6,12-13,17H,2,7-11H2,1H3,(H2,24,30)(H,27,31)(H,33,34)(H4,25,26,28,29,32)/t12?,13?,17-/m0/s1. The van der Waals surface area contributed by atoms with Crippen molar-refractivity contribution in [3.63, 3.8) is 0 Å². The summed E-state index contributed by atoms with van der Waals surface area (Å²) in [6.07, 6.45) is 2.11. The van der Waals surface area contributed by atoms with E-state index >= 15 is 0 Å². The molecule has 1 aliphatic heterocycles. The Morgan fingerprint density at radius 2 is 1.97 bits per heavy atom. The molecule has 34 heavy (non-hydrogen) atoms. The van der Waals surface area contributed by atoms with E-state index in [1.807, 2.05) is 12.1 Å². The van der Waals surface area contributed by atoms with E-state index in [0.29, 0.717) is 29.9 Å². The molecule has 3 atom stereocenters. The Balaban J connectivity index is 1.64. The Morgan fingerprint density at radius 3 is 2.59 bits per heavy atom. The second-order valence-corrected chi connectivity index (χ2v) is 8.56. The van der Waals surface area contributed by atoms with Crippen LogP contribution in [0.4, 0.5) is 11.8 Å². The number of nitrogens with zero attached hydrogens (tertiary/aromatic N) is 1. The third-order valence-corrected chi connectivity index (χ3v) is 6.12. The number of carboxylic acids is 1. The predicted octanol–water partition coefficient (Wildman–Crippen LogP) is 0.969. The molecule has 3 rings (SSSR count). The first-order chi connectivity index (χ1) is 16.2. The number of carbonyl (C=O) groups is 3. The van der Waals surface area contributed by atoms with Gasteiger partial charge in [0.2, 0.25) is 11.9 Å². The quantitative estimate of drug-likeness (QED) is 0.295. The van der Waals surface area contributed by atoms with Crippen molar-refractivity contribution in [3.8, 4) is 0 Å². The number of nitrogen functional groups attached to an aromatic ring is 1. The van der Waals surface area contributed by atoms with Crippen molar-refractivity contribution in [2.75, 3.05) is 17.6 Å². The summed E-state index contributed by atoms with van der Waals surface area (Å²) in [4.78, 5) is 53.7. The molecule has 1 aromatic carbocycles. The number of rotatable bonds is 10. The van der Waals surface area contributed by atoms with Crippen molar-refractivity contribution >= 4 is 29.5 Å². The van der Waals surface area contributed by atoms with Crippen LogP contribution < -0.4 is 27.7 Å². The van der Waals surface area contributed by atoms with Crippen LogP contribution in [-0.2, 0) is 16.0 Å². The first kappa shape index (κ1) is 24.7. The van der Waals surface area contributed by atoms with Gasteiger partial charge in [-0.2, -0.15) is 4.98 Å². The van der Waals surface area contributed by atoms with Crippen molar-refractivity contribution in [2.24, 2.45) is 11.7 Å². The van der Waals surface area contributed by atoms with E-state index in [-0.39, 0.29) is 36.2 Å². The predicted molar refractivity (Wildman–Crippen MR) is 126 cm³/mol. The number of aromatic nitrogens is 2. The van der Waals surface area contributed by atoms with E-state index in [1.54, 1.807) is 12.1 Å². The highest BCUT2D eigenvalue weighted by Gasteiger charge is 2.26. The number of fused-ring (bicyclic) bond motifs is 1. The minimum atomic E-state index is -1.23. The minimum Gasteiger partial charge on any atom is -0.480 e. The largest absolute Gasteiger partial charge is 0.480 e. The van der Waals surface area contributed by atoms with Crippen LogP contribution in [0.1, 0.15) is 60.0 Å². The monoisotopic (exact) mass is 470 g/mol. The summed E-state index contributed by atoms with van der Waals surface area (Å²) in [5.74, 6) is -1.31. The molecule has 182 valence electrons. The van der Waals surface area contributed by atoms with Crippen LogP contribution >= 0.6 is 0 Å². The van der Waals surface area contributed by atoms with Gasteiger partial charge in [0.25, 0.3) is 11.5 Å². The van der Waals surface area contributed by atoms with Gasteiger partial charge in [-0.1, -0.05) is 19.1 Å². The average molecular weight is 471 g/mol. The number of primary amides is 1. The second-order valence-electron chi connectivity index (χ2n) is 8.56. The fraction of sp³-hybridized carbons (Fsp3) is 0.435. The Bertz CT molecular complexity index is 1110. The van der Waals surface area contributed by atoms with Gasteiger partial charge in [0.05, 0.1) is 5.56 Å². The first-order valence-electron chi connectivity index (χ1n) is 11.2. The topological polar surface area (TPSA) is 193 Å². The zero-order chi connectivity index (χ0) is 24.8. The lowest BCUT2D eigenvalue weighted by molar-refractivity contribution is -0.139. The normalized spacial score (nSPS) is 16.6. The summed E-state index contributed by atoms with van der Waals surface area (Å²) in [6.45, 7) is 2.77. The van der Waals surface area contributed by atoms with Crippen LogP contribution in [0.5, 0.6) is 0 Å². The molecule has 0 saturated heterocycles. The number of benzene rings is 1. The van der Waals surface area contributed by atoms with Gasteiger partial charge in [0.1, 0.15) is 11.9 Å². The third kappa shape index (κ3) is 6.12. The van der Waals surface area contributed by atoms with Crippen molar-refractivity contribution in [2.45, 2.75) is 51.0 Å². The van der Waals surface area contributed by atoms with E-state index in [1.165, 1.54) is 0 Å². The van der Waals surface area contributed by atoms with E-state index < -0.39 is 23.8 Å². The molecule has 2 heterocycles. The fourth-order valence-corrected chi connectivity index (χ4v) is 4.25. The number of nitrogens with two attached hydrogens (primary N) is 2. The lowest BCUT2D eigenvalue weighted by Gasteiger charge is -2.28. The van der Waals surface area contributed by atoms with Gasteiger partial charge in [0, 0.05) is 18.5 Å². The summed E-state index contributed by atoms with van der Waals surface area (Å²) < 4.78 is 0. The lowest BCUT2D eigenvalue weighted by atomic mass is 9.83. The van der Waals surface area contributed by atoms with Gasteiger partial charge in [-0.3, -0.25) is 19.4 Å². The summed E-state index contributed by atoms with van der Waals surface area (Å²) in [6, 6.07) is 5.85. The number of aromatic amines is 1. The molecular formula is C23H30N6O5. The Morgan fingerprint density at radius 1 is 1.26 bits per heavy atom. The second kappa shape index (κ2) is 10.8. The number of anilines is 2. The van der Waals surface area contributed by atoms with Crippen molar-refractivity contribution in [3.05, 3.63) is 51.3 Å². The molecule has 2 amide bonds. The molecule has 11 nitrogen and oxygen atoms in total. The highest BCUT2D eigenvalue weighted by Crippen LogP contribution is 2.31. The number of hydrogen-bond donors (Lipinski definition) is 6. The van der Waals surface area contributed by atoms with Gasteiger partial charge in [0.15, 0.2) is 0 Å². The molecule has 1 aliphatic rings. The molecule has 1 aromatic heterocycles. The average Bonchev–Trinajstić information content (AvgIpc) is 2.80. The number of carbonyl (C=O) groups excluding carboxylic acids is 2. The van der Waals surface area contributed by atoms with Crippen LogP contribution in [0.25, 0.3) is 0 Å². The van der Waals surface area contributed by atoms with Crippen molar-refractivity contribution in [1.82, 2.24) is 15.3 Å². The smallest absolute Gasteiger partial charge is 0.326 e. The molecule has 0 spiro atoms. The zero-order valence-corrected chi connectivity index (χ0v) is 19.0. The Hall–Kier alpha value is -3.89. The van der Waals surface area contributed by atoms with E-state index in [2.05, 4.69) is 27.5 Å². The first-order valence-corrected chi connectivity index (χ1v) is 11.2. The lowest BCUT2D eigenvalue weighted by Crippen LogP contribution is -2.41. The van der Waals surface area contributed by atoms with Gasteiger partial charge >= 0.3 is 5.97 Å². The number of H-pyrrole nitrogens is 1. The molecular weight excluding hydrogens is 440 g/mol. The van der Waals surface area contributed by atoms with Crippen molar-refractivity contribution in [1.29, 1.82) is 0 Å². The summed E-state index contributed by atoms with van der Waals surface area (Å²) in [5, 5.41) is 14.9. The molecule has 11 heteroatoms. The molecule has 0 fully saturated rings. The third-order valence-electron chi connectivity index (χ3n) is 6.12. The summed E-state index contributed by atoms with van der Waals surface area (Å²) >= 11 is 0. The van der Waals surface area contributed by atoms with Crippen molar-refractivity contribution < 1.29 is 19.5 Å². The maximum atomic E-state index is 12.5. The van der Waals surface area contributed by atoms with Gasteiger partial charge < -0.3 is 27.2 Å². The van der Waals surface area contributed by atoms with Crippen LogP contribution in [0.3, 0.4) is 0 Å². The highest BCUT2D eigenvalue weighted by molar-refractivity contribution is 5.96. The Kier molecular flexibility index (Phi) is 7.87. The van der Waals surface area contributed by atoms with Crippen LogP contribution in [0.15, 0.2) is 29.1 Å². The summed E-state index contributed by atoms with van der Waals surface area (Å²) in [5.41, 5.74) is 12.4. The molecule has 2 unspecified atom stereocenters. The molecule has 8 N–H and O–H groups in total. The van der Waals surface area contributed by atoms with E-state index in [0.717, 1.165) is 18.4 Å². The fourth-order valence-electron chi connectivity index (χ4n) is 4.25. The maximum absolute atomic E-state index is 12.5. The van der Waals surface area contributed by atoms with Crippen LogP contribution in [-0.4, -0.2) is 45.4 Å². The number of nitrogens with one attached hydrogen (secondary N) is 3.